The molecule has 36 heavy (non-hydrogen) atoms. The summed E-state index contributed by atoms with van der Waals surface area (Å²) in [5.74, 6) is 1.55. The van der Waals surface area contributed by atoms with Crippen molar-refractivity contribution in [1.29, 1.82) is 5.26 Å². The average Bonchev–Trinajstić information content (AvgIpc) is 3.42. The second-order valence-corrected chi connectivity index (χ2v) is 10.5. The SMILES string of the molecule is CC(C)c1ccc(C#N)cc1.CC(C)c1cccc(N2CCCC2)c1.Cc1cc(C(C)C)ccc1F. The zero-order valence-electron chi connectivity index (χ0n) is 23.2. The number of nitrogens with zero attached hydrogens (tertiary/aromatic N) is 2. The summed E-state index contributed by atoms with van der Waals surface area (Å²) < 4.78 is 12.8. The smallest absolute Gasteiger partial charge is 0.126 e. The third kappa shape index (κ3) is 9.15. The molecule has 1 heterocycles. The van der Waals surface area contributed by atoms with Gasteiger partial charge in [-0.1, -0.05) is 77.9 Å². The highest BCUT2D eigenvalue weighted by atomic mass is 19.1. The third-order valence-electron chi connectivity index (χ3n) is 6.56. The van der Waals surface area contributed by atoms with Gasteiger partial charge in [-0.2, -0.15) is 5.26 Å². The highest BCUT2D eigenvalue weighted by Crippen LogP contribution is 2.24. The third-order valence-corrected chi connectivity index (χ3v) is 6.56. The van der Waals surface area contributed by atoms with E-state index in [1.807, 2.05) is 36.4 Å². The van der Waals surface area contributed by atoms with Gasteiger partial charge in [0, 0.05) is 18.8 Å². The predicted octanol–water partition coefficient (Wildman–Crippen LogP) is 9.35. The molecule has 0 saturated carbocycles. The molecule has 192 valence electrons. The number of rotatable bonds is 4. The van der Waals surface area contributed by atoms with Crippen LogP contribution in [-0.4, -0.2) is 13.1 Å². The first-order valence-electron chi connectivity index (χ1n) is 13.2. The Bertz CT molecular complexity index is 1100. The minimum absolute atomic E-state index is 0.116. The summed E-state index contributed by atoms with van der Waals surface area (Å²) in [7, 11) is 0. The van der Waals surface area contributed by atoms with E-state index in [9.17, 15) is 4.39 Å². The van der Waals surface area contributed by atoms with Crippen LogP contribution in [0.25, 0.3) is 0 Å². The quantitative estimate of drug-likeness (QED) is 0.367. The number of halogens is 1. The van der Waals surface area contributed by atoms with Crippen molar-refractivity contribution in [2.45, 2.75) is 79.1 Å². The fourth-order valence-electron chi connectivity index (χ4n) is 4.03. The first-order valence-corrected chi connectivity index (χ1v) is 13.2. The lowest BCUT2D eigenvalue weighted by Gasteiger charge is -2.19. The number of nitriles is 1. The normalized spacial score (nSPS) is 12.7. The summed E-state index contributed by atoms with van der Waals surface area (Å²) in [6.07, 6.45) is 2.71. The first-order chi connectivity index (χ1) is 17.1. The lowest BCUT2D eigenvalue weighted by molar-refractivity contribution is 0.616. The molecule has 1 saturated heterocycles. The van der Waals surface area contributed by atoms with Crippen LogP contribution in [0.1, 0.15) is 100.0 Å². The van der Waals surface area contributed by atoms with E-state index >= 15 is 0 Å². The highest BCUT2D eigenvalue weighted by molar-refractivity contribution is 5.49. The molecule has 0 bridgehead atoms. The van der Waals surface area contributed by atoms with Crippen molar-refractivity contribution in [2.24, 2.45) is 0 Å². The van der Waals surface area contributed by atoms with E-state index in [0.29, 0.717) is 17.8 Å². The van der Waals surface area contributed by atoms with Gasteiger partial charge < -0.3 is 4.90 Å². The van der Waals surface area contributed by atoms with Gasteiger partial charge >= 0.3 is 0 Å². The van der Waals surface area contributed by atoms with Crippen molar-refractivity contribution in [1.82, 2.24) is 0 Å². The van der Waals surface area contributed by atoms with Crippen LogP contribution in [0.5, 0.6) is 0 Å². The zero-order chi connectivity index (χ0) is 26.7. The van der Waals surface area contributed by atoms with Gasteiger partial charge in [0.25, 0.3) is 0 Å². The van der Waals surface area contributed by atoms with Gasteiger partial charge in [0.15, 0.2) is 0 Å². The maximum absolute atomic E-state index is 12.8. The van der Waals surface area contributed by atoms with Gasteiger partial charge in [0.2, 0.25) is 0 Å². The summed E-state index contributed by atoms with van der Waals surface area (Å²) in [5.41, 5.74) is 6.81. The van der Waals surface area contributed by atoms with Crippen LogP contribution < -0.4 is 4.90 Å². The molecule has 1 fully saturated rings. The molecule has 0 aromatic heterocycles. The summed E-state index contributed by atoms with van der Waals surface area (Å²) >= 11 is 0. The lowest BCUT2D eigenvalue weighted by atomic mass is 10.0. The van der Waals surface area contributed by atoms with E-state index in [1.54, 1.807) is 6.92 Å². The Morgan fingerprint density at radius 3 is 1.75 bits per heavy atom. The van der Waals surface area contributed by atoms with Gasteiger partial charge in [-0.25, -0.2) is 4.39 Å². The molecule has 0 atom stereocenters. The molecule has 0 amide bonds. The number of aryl methyl sites for hydroxylation is 1. The Morgan fingerprint density at radius 2 is 1.25 bits per heavy atom. The molecule has 3 aromatic rings. The van der Waals surface area contributed by atoms with Crippen molar-refractivity contribution >= 4 is 5.69 Å². The Kier molecular flexibility index (Phi) is 11.7. The monoisotopic (exact) mass is 486 g/mol. The van der Waals surface area contributed by atoms with Crippen LogP contribution in [0, 0.1) is 24.1 Å². The number of hydrogen-bond donors (Lipinski definition) is 0. The fourth-order valence-corrected chi connectivity index (χ4v) is 4.03. The largest absolute Gasteiger partial charge is 0.372 e. The van der Waals surface area contributed by atoms with Crippen LogP contribution in [0.3, 0.4) is 0 Å². The Labute approximate surface area is 218 Å². The molecule has 1 aliphatic rings. The number of benzene rings is 3. The van der Waals surface area contributed by atoms with Gasteiger partial charge in [-0.15, -0.1) is 0 Å². The Balaban J connectivity index is 0.000000193. The molecule has 0 spiro atoms. The minimum Gasteiger partial charge on any atom is -0.372 e. The van der Waals surface area contributed by atoms with E-state index in [-0.39, 0.29) is 5.82 Å². The van der Waals surface area contributed by atoms with E-state index < -0.39 is 0 Å². The van der Waals surface area contributed by atoms with Crippen molar-refractivity contribution in [3.63, 3.8) is 0 Å². The summed E-state index contributed by atoms with van der Waals surface area (Å²) in [6, 6.07) is 24.1. The molecule has 0 N–H and O–H groups in total. The van der Waals surface area contributed by atoms with E-state index in [4.69, 9.17) is 5.26 Å². The molecule has 1 aliphatic heterocycles. The Morgan fingerprint density at radius 1 is 0.722 bits per heavy atom. The topological polar surface area (TPSA) is 27.0 Å². The van der Waals surface area contributed by atoms with Crippen molar-refractivity contribution in [3.8, 4) is 6.07 Å². The molecular formula is C33H43FN2. The second-order valence-electron chi connectivity index (χ2n) is 10.5. The molecule has 3 heteroatoms. The first kappa shape index (κ1) is 29.1. The van der Waals surface area contributed by atoms with E-state index in [0.717, 1.165) is 11.1 Å². The number of hydrogen-bond acceptors (Lipinski definition) is 2. The molecule has 3 aromatic carbocycles. The van der Waals surface area contributed by atoms with E-state index in [2.05, 4.69) is 76.8 Å². The maximum Gasteiger partial charge on any atom is 0.126 e. The summed E-state index contributed by atoms with van der Waals surface area (Å²) in [5, 5.41) is 8.52. The zero-order valence-corrected chi connectivity index (χ0v) is 23.2. The predicted molar refractivity (Wildman–Crippen MR) is 152 cm³/mol. The van der Waals surface area contributed by atoms with Gasteiger partial charge in [-0.05, 0) is 90.1 Å². The number of anilines is 1. The van der Waals surface area contributed by atoms with Crippen LogP contribution in [0.2, 0.25) is 0 Å². The molecule has 2 nitrogen and oxygen atoms in total. The summed E-state index contributed by atoms with van der Waals surface area (Å²) in [6.45, 7) is 17.3. The van der Waals surface area contributed by atoms with Crippen LogP contribution in [0.4, 0.5) is 10.1 Å². The van der Waals surface area contributed by atoms with Gasteiger partial charge in [0.1, 0.15) is 5.82 Å². The van der Waals surface area contributed by atoms with Crippen LogP contribution in [-0.2, 0) is 0 Å². The molecular weight excluding hydrogens is 443 g/mol. The van der Waals surface area contributed by atoms with Crippen molar-refractivity contribution < 1.29 is 4.39 Å². The lowest BCUT2D eigenvalue weighted by Crippen LogP contribution is -2.17. The van der Waals surface area contributed by atoms with Crippen LogP contribution in [0.15, 0.2) is 66.7 Å². The molecule has 4 rings (SSSR count). The molecule has 0 radical (unpaired) electrons. The molecule has 0 unspecified atom stereocenters. The maximum atomic E-state index is 12.8. The Hall–Kier alpha value is -3.12. The standard InChI is InChI=1S/C13H19N.C10H13F.C10H11N/c1-11(2)12-6-5-7-13(10-12)14-8-3-4-9-14;1-7(2)9-4-5-10(11)8(3)6-9;1-8(2)10-5-3-9(7-11)4-6-10/h5-7,10-11H,3-4,8-9H2,1-2H3;4-7H,1-3H3;3-6,8H,1-2H3. The van der Waals surface area contributed by atoms with Gasteiger partial charge in [0.05, 0.1) is 11.6 Å². The van der Waals surface area contributed by atoms with Gasteiger partial charge in [-0.3, -0.25) is 0 Å². The van der Waals surface area contributed by atoms with Crippen molar-refractivity contribution in [3.05, 3.63) is 100 Å². The van der Waals surface area contributed by atoms with Crippen molar-refractivity contribution in [2.75, 3.05) is 18.0 Å². The highest BCUT2D eigenvalue weighted by Gasteiger charge is 2.12. The summed E-state index contributed by atoms with van der Waals surface area (Å²) in [4.78, 5) is 2.49. The minimum atomic E-state index is -0.116. The van der Waals surface area contributed by atoms with E-state index in [1.165, 1.54) is 54.4 Å². The second kappa shape index (κ2) is 14.4. The van der Waals surface area contributed by atoms with Crippen LogP contribution >= 0.6 is 0 Å². The molecule has 0 aliphatic carbocycles. The fraction of sp³-hybridized carbons (Fsp3) is 0.424. The average molecular weight is 487 g/mol.